The number of aromatic nitrogens is 2. The second kappa shape index (κ2) is 5.81. The number of halogens is 2. The van der Waals surface area contributed by atoms with Crippen molar-refractivity contribution in [2.24, 2.45) is 5.92 Å². The van der Waals surface area contributed by atoms with Crippen molar-refractivity contribution in [3.8, 4) is 0 Å². The van der Waals surface area contributed by atoms with Crippen LogP contribution < -0.4 is 10.6 Å². The van der Waals surface area contributed by atoms with Gasteiger partial charge in [0, 0.05) is 43.2 Å². The van der Waals surface area contributed by atoms with E-state index in [1.165, 1.54) is 12.1 Å². The third kappa shape index (κ3) is 3.05. The normalized spacial score (nSPS) is 18.9. The average molecular weight is 292 g/mol. The standard InChI is InChI=1S/C15H18F2N4/c1-10(13-6-12(16)2-3-14(13)17)18-7-11-8-19-15-4-5-20-21(15)9-11/h2-6,10-11,18-19H,7-9H2,1H3/t10-,11+/m1/s1. The van der Waals surface area contributed by atoms with Crippen LogP contribution in [0.4, 0.5) is 14.6 Å². The van der Waals surface area contributed by atoms with Crippen molar-refractivity contribution in [1.82, 2.24) is 15.1 Å². The summed E-state index contributed by atoms with van der Waals surface area (Å²) in [7, 11) is 0. The first-order chi connectivity index (χ1) is 10.1. The molecule has 2 heterocycles. The van der Waals surface area contributed by atoms with E-state index in [4.69, 9.17) is 0 Å². The first kappa shape index (κ1) is 14.0. The zero-order valence-corrected chi connectivity index (χ0v) is 11.8. The topological polar surface area (TPSA) is 41.9 Å². The maximum Gasteiger partial charge on any atom is 0.128 e. The maximum atomic E-state index is 13.7. The van der Waals surface area contributed by atoms with Gasteiger partial charge in [-0.15, -0.1) is 0 Å². The van der Waals surface area contributed by atoms with Gasteiger partial charge in [0.1, 0.15) is 17.5 Å². The molecule has 0 saturated heterocycles. The lowest BCUT2D eigenvalue weighted by Gasteiger charge is -2.26. The Morgan fingerprint density at radius 2 is 2.29 bits per heavy atom. The number of anilines is 1. The number of nitrogens with one attached hydrogen (secondary N) is 2. The minimum atomic E-state index is -0.416. The highest BCUT2D eigenvalue weighted by atomic mass is 19.1. The van der Waals surface area contributed by atoms with Gasteiger partial charge in [-0.1, -0.05) is 0 Å². The van der Waals surface area contributed by atoms with Gasteiger partial charge in [-0.3, -0.25) is 0 Å². The molecule has 0 fully saturated rings. The predicted octanol–water partition coefficient (Wildman–Crippen LogP) is 2.55. The van der Waals surface area contributed by atoms with Gasteiger partial charge >= 0.3 is 0 Å². The van der Waals surface area contributed by atoms with Crippen LogP contribution in [0.3, 0.4) is 0 Å². The van der Waals surface area contributed by atoms with Gasteiger partial charge in [0.05, 0.1) is 6.20 Å². The van der Waals surface area contributed by atoms with Gasteiger partial charge in [0.2, 0.25) is 0 Å². The summed E-state index contributed by atoms with van der Waals surface area (Å²) < 4.78 is 28.8. The summed E-state index contributed by atoms with van der Waals surface area (Å²) in [5.41, 5.74) is 0.360. The van der Waals surface area contributed by atoms with Crippen LogP contribution in [0.25, 0.3) is 0 Å². The molecule has 0 bridgehead atoms. The van der Waals surface area contributed by atoms with Gasteiger partial charge in [0.15, 0.2) is 0 Å². The van der Waals surface area contributed by atoms with E-state index in [0.717, 1.165) is 25.0 Å². The fraction of sp³-hybridized carbons (Fsp3) is 0.400. The van der Waals surface area contributed by atoms with E-state index < -0.39 is 5.82 Å². The Labute approximate surface area is 122 Å². The van der Waals surface area contributed by atoms with Gasteiger partial charge in [-0.2, -0.15) is 5.10 Å². The van der Waals surface area contributed by atoms with E-state index >= 15 is 0 Å². The van der Waals surface area contributed by atoms with Gasteiger partial charge in [-0.05, 0) is 25.1 Å². The molecular formula is C15H18F2N4. The Morgan fingerprint density at radius 3 is 3.14 bits per heavy atom. The summed E-state index contributed by atoms with van der Waals surface area (Å²) in [5.74, 6) is 0.583. The zero-order chi connectivity index (χ0) is 14.8. The molecule has 2 aromatic rings. The molecule has 1 aliphatic rings. The lowest BCUT2D eigenvalue weighted by molar-refractivity contribution is 0.373. The minimum Gasteiger partial charge on any atom is -0.370 e. The van der Waals surface area contributed by atoms with Crippen molar-refractivity contribution in [3.63, 3.8) is 0 Å². The van der Waals surface area contributed by atoms with Crippen LogP contribution in [-0.2, 0) is 6.54 Å². The van der Waals surface area contributed by atoms with Crippen molar-refractivity contribution in [1.29, 1.82) is 0 Å². The summed E-state index contributed by atoms with van der Waals surface area (Å²) in [6.45, 7) is 4.22. The molecule has 112 valence electrons. The van der Waals surface area contributed by atoms with Gasteiger partial charge < -0.3 is 10.6 Å². The van der Waals surface area contributed by atoms with E-state index in [0.29, 0.717) is 18.0 Å². The predicted molar refractivity (Wildman–Crippen MR) is 77.0 cm³/mol. The van der Waals surface area contributed by atoms with Crippen LogP contribution in [0.2, 0.25) is 0 Å². The summed E-state index contributed by atoms with van der Waals surface area (Å²) in [6.07, 6.45) is 1.77. The molecule has 0 amide bonds. The highest BCUT2D eigenvalue weighted by Gasteiger charge is 2.19. The first-order valence-corrected chi connectivity index (χ1v) is 7.07. The lowest BCUT2D eigenvalue weighted by atomic mass is 10.0. The van der Waals surface area contributed by atoms with E-state index in [9.17, 15) is 8.78 Å². The highest BCUT2D eigenvalue weighted by molar-refractivity contribution is 5.35. The van der Waals surface area contributed by atoms with Crippen LogP contribution in [0.1, 0.15) is 18.5 Å². The van der Waals surface area contributed by atoms with Crippen molar-refractivity contribution < 1.29 is 8.78 Å². The summed E-state index contributed by atoms with van der Waals surface area (Å²) in [4.78, 5) is 0. The third-order valence-electron chi connectivity index (χ3n) is 3.86. The van der Waals surface area contributed by atoms with Crippen molar-refractivity contribution >= 4 is 5.82 Å². The minimum absolute atomic E-state index is 0.236. The Balaban J connectivity index is 1.59. The molecule has 2 atom stereocenters. The largest absolute Gasteiger partial charge is 0.370 e. The molecule has 1 aromatic carbocycles. The Bertz CT molecular complexity index is 626. The van der Waals surface area contributed by atoms with Crippen LogP contribution in [0, 0.1) is 17.6 Å². The number of fused-ring (bicyclic) bond motifs is 1. The molecule has 0 unspecified atom stereocenters. The van der Waals surface area contributed by atoms with Crippen LogP contribution in [0.5, 0.6) is 0 Å². The molecule has 0 aliphatic carbocycles. The number of hydrogen-bond acceptors (Lipinski definition) is 3. The van der Waals surface area contributed by atoms with Crippen LogP contribution >= 0.6 is 0 Å². The molecule has 0 radical (unpaired) electrons. The second-order valence-electron chi connectivity index (χ2n) is 5.44. The number of rotatable bonds is 4. The zero-order valence-electron chi connectivity index (χ0n) is 11.8. The fourth-order valence-electron chi connectivity index (χ4n) is 2.62. The van der Waals surface area contributed by atoms with Gasteiger partial charge in [-0.25, -0.2) is 13.5 Å². The van der Waals surface area contributed by atoms with E-state index in [1.54, 1.807) is 6.20 Å². The summed E-state index contributed by atoms with van der Waals surface area (Å²) >= 11 is 0. The molecule has 6 heteroatoms. The van der Waals surface area contributed by atoms with Crippen LogP contribution in [-0.4, -0.2) is 22.9 Å². The van der Waals surface area contributed by atoms with Crippen molar-refractivity contribution in [3.05, 3.63) is 47.7 Å². The number of nitrogens with zero attached hydrogens (tertiary/aromatic N) is 2. The van der Waals surface area contributed by atoms with Crippen LogP contribution in [0.15, 0.2) is 30.5 Å². The lowest BCUT2D eigenvalue weighted by Crippen LogP contribution is -2.36. The average Bonchev–Trinajstić information content (AvgIpc) is 2.94. The maximum absolute atomic E-state index is 13.7. The molecule has 3 rings (SSSR count). The Hall–Kier alpha value is -1.95. The molecule has 4 nitrogen and oxygen atoms in total. The molecule has 1 aliphatic heterocycles. The monoisotopic (exact) mass is 292 g/mol. The van der Waals surface area contributed by atoms with E-state index in [2.05, 4.69) is 15.7 Å². The van der Waals surface area contributed by atoms with E-state index in [-0.39, 0.29) is 11.9 Å². The molecule has 0 saturated carbocycles. The number of hydrogen-bond donors (Lipinski definition) is 2. The Morgan fingerprint density at radius 1 is 1.43 bits per heavy atom. The van der Waals surface area contributed by atoms with E-state index in [1.807, 2.05) is 17.7 Å². The fourth-order valence-corrected chi connectivity index (χ4v) is 2.62. The van der Waals surface area contributed by atoms with Gasteiger partial charge in [0.25, 0.3) is 0 Å². The quantitative estimate of drug-likeness (QED) is 0.910. The van der Waals surface area contributed by atoms with Crippen molar-refractivity contribution in [2.75, 3.05) is 18.4 Å². The molecule has 21 heavy (non-hydrogen) atoms. The summed E-state index contributed by atoms with van der Waals surface area (Å²) in [5, 5.41) is 10.8. The summed E-state index contributed by atoms with van der Waals surface area (Å²) in [6, 6.07) is 5.25. The highest BCUT2D eigenvalue weighted by Crippen LogP contribution is 2.20. The molecule has 2 N–H and O–H groups in total. The SMILES string of the molecule is C[C@@H](NC[C@H]1CNc2ccnn2C1)c1cc(F)ccc1F. The molecule has 0 spiro atoms. The number of benzene rings is 1. The Kier molecular flexibility index (Phi) is 3.88. The molecular weight excluding hydrogens is 274 g/mol. The van der Waals surface area contributed by atoms with Crippen molar-refractivity contribution in [2.45, 2.75) is 19.5 Å². The molecule has 1 aromatic heterocycles. The first-order valence-electron chi connectivity index (χ1n) is 7.07. The smallest absolute Gasteiger partial charge is 0.128 e. The third-order valence-corrected chi connectivity index (χ3v) is 3.86. The second-order valence-corrected chi connectivity index (χ2v) is 5.44.